The lowest BCUT2D eigenvalue weighted by atomic mass is 9.96. The number of amides is 1. The van der Waals surface area contributed by atoms with Crippen molar-refractivity contribution in [1.82, 2.24) is 20.0 Å². The van der Waals surface area contributed by atoms with Crippen LogP contribution in [-0.2, 0) is 24.0 Å². The highest BCUT2D eigenvalue weighted by Gasteiger charge is 2.36. The third kappa shape index (κ3) is 12.1. The van der Waals surface area contributed by atoms with Crippen molar-refractivity contribution in [3.8, 4) is 0 Å². The number of aliphatic hydroxyl groups excluding tert-OH is 3. The van der Waals surface area contributed by atoms with Crippen LogP contribution in [0.2, 0.25) is 0 Å². The maximum Gasteiger partial charge on any atom is 0.323 e. The lowest BCUT2D eigenvalue weighted by Gasteiger charge is -2.33. The van der Waals surface area contributed by atoms with Crippen LogP contribution in [0, 0.1) is 0 Å². The van der Waals surface area contributed by atoms with Gasteiger partial charge in [0.25, 0.3) is 0 Å². The van der Waals surface area contributed by atoms with Crippen LogP contribution in [0.25, 0.3) is 0 Å². The molecule has 0 bridgehead atoms. The van der Waals surface area contributed by atoms with Gasteiger partial charge in [-0.1, -0.05) is 0 Å². The molecule has 15 nitrogen and oxygen atoms in total. The number of hydrogen-bond acceptors (Lipinski definition) is 12. The van der Waals surface area contributed by atoms with E-state index in [1.165, 1.54) is 16.8 Å². The molecule has 0 aromatic rings. The molecule has 0 fully saturated rings. The number of carbonyl (C=O) groups is 3. The van der Waals surface area contributed by atoms with Gasteiger partial charge in [0.2, 0.25) is 5.91 Å². The van der Waals surface area contributed by atoms with Gasteiger partial charge in [0.15, 0.2) is 0 Å². The SMILES string of the molecule is O=C=CN(CCN(CCN(C=C=O)CC(=O)O)CC(=O)NC(CO)C(O)(CO)CO)CC(=O)O. The van der Waals surface area contributed by atoms with Gasteiger partial charge in [0.1, 0.15) is 30.6 Å². The third-order valence-electron chi connectivity index (χ3n) is 4.64. The van der Waals surface area contributed by atoms with Crippen LogP contribution in [0.5, 0.6) is 0 Å². The van der Waals surface area contributed by atoms with Crippen LogP contribution in [-0.4, -0.2) is 152 Å². The van der Waals surface area contributed by atoms with Gasteiger partial charge in [-0.15, -0.1) is 0 Å². The van der Waals surface area contributed by atoms with Crippen LogP contribution in [0.1, 0.15) is 0 Å². The molecule has 192 valence electrons. The molecule has 0 rings (SSSR count). The lowest BCUT2D eigenvalue weighted by molar-refractivity contribution is -0.138. The summed E-state index contributed by atoms with van der Waals surface area (Å²) in [5, 5.41) is 58.2. The number of carboxylic acids is 2. The van der Waals surface area contributed by atoms with Gasteiger partial charge in [0.05, 0.1) is 44.8 Å². The van der Waals surface area contributed by atoms with Crippen LogP contribution >= 0.6 is 0 Å². The Labute approximate surface area is 194 Å². The van der Waals surface area contributed by atoms with Crippen LogP contribution < -0.4 is 5.32 Å². The van der Waals surface area contributed by atoms with Crippen LogP contribution in [0.15, 0.2) is 12.4 Å². The molecular formula is C19H30N4O11. The van der Waals surface area contributed by atoms with Gasteiger partial charge >= 0.3 is 11.9 Å². The van der Waals surface area contributed by atoms with Crippen molar-refractivity contribution in [2.75, 3.05) is 65.6 Å². The van der Waals surface area contributed by atoms with E-state index in [4.69, 9.17) is 10.2 Å². The zero-order valence-electron chi connectivity index (χ0n) is 18.4. The predicted octanol–water partition coefficient (Wildman–Crippen LogP) is -5.05. The van der Waals surface area contributed by atoms with Gasteiger partial charge in [-0.3, -0.25) is 19.3 Å². The van der Waals surface area contributed by atoms with Gasteiger partial charge in [-0.05, 0) is 0 Å². The summed E-state index contributed by atoms with van der Waals surface area (Å²) in [6, 6.07) is -1.42. The molecule has 0 saturated carbocycles. The van der Waals surface area contributed by atoms with Crippen LogP contribution in [0.4, 0.5) is 0 Å². The Morgan fingerprint density at radius 2 is 1.26 bits per heavy atom. The molecule has 0 aliphatic heterocycles. The Hall–Kier alpha value is -3.29. The minimum absolute atomic E-state index is 0.00133. The Bertz CT molecular complexity index is 719. The lowest BCUT2D eigenvalue weighted by Crippen LogP contribution is -2.60. The molecule has 0 radical (unpaired) electrons. The van der Waals surface area contributed by atoms with E-state index in [2.05, 4.69) is 5.32 Å². The molecule has 15 heteroatoms. The van der Waals surface area contributed by atoms with Crippen molar-refractivity contribution in [3.05, 3.63) is 12.4 Å². The van der Waals surface area contributed by atoms with Gasteiger partial charge < -0.3 is 45.8 Å². The van der Waals surface area contributed by atoms with Crippen molar-refractivity contribution in [2.24, 2.45) is 0 Å². The number of carboxylic acid groups (broad SMARTS) is 2. The molecule has 1 atom stereocenters. The number of nitrogens with one attached hydrogen (secondary N) is 1. The average Bonchev–Trinajstić information content (AvgIpc) is 2.77. The summed E-state index contributed by atoms with van der Waals surface area (Å²) in [5.74, 6) is -0.298. The first-order valence-corrected chi connectivity index (χ1v) is 9.95. The smallest absolute Gasteiger partial charge is 0.323 e. The summed E-state index contributed by atoms with van der Waals surface area (Å²) < 4.78 is 0. The molecule has 0 saturated heterocycles. The first-order chi connectivity index (χ1) is 16.0. The number of rotatable bonds is 19. The molecule has 7 N–H and O–H groups in total. The monoisotopic (exact) mass is 490 g/mol. The molecule has 0 aromatic carbocycles. The van der Waals surface area contributed by atoms with E-state index in [0.717, 1.165) is 22.2 Å². The third-order valence-corrected chi connectivity index (χ3v) is 4.64. The van der Waals surface area contributed by atoms with E-state index in [0.29, 0.717) is 0 Å². The Balaban J connectivity index is 5.45. The van der Waals surface area contributed by atoms with E-state index in [1.807, 2.05) is 0 Å². The Morgan fingerprint density at radius 3 is 1.59 bits per heavy atom. The molecular weight excluding hydrogens is 460 g/mol. The molecule has 1 amide bonds. The van der Waals surface area contributed by atoms with Gasteiger partial charge in [-0.25, -0.2) is 9.59 Å². The number of aliphatic hydroxyl groups is 4. The Kier molecular flexibility index (Phi) is 14.8. The van der Waals surface area contributed by atoms with Crippen molar-refractivity contribution >= 4 is 29.7 Å². The second-order valence-electron chi connectivity index (χ2n) is 7.22. The molecule has 0 heterocycles. The summed E-state index contributed by atoms with van der Waals surface area (Å²) in [6.07, 6.45) is 1.76. The number of nitrogens with zero attached hydrogens (tertiary/aromatic N) is 3. The molecule has 34 heavy (non-hydrogen) atoms. The standard InChI is InChI=1S/C19H30N4O11/c24-7-5-22(10-17(30)31)3-1-21(2-4-23(6-8-25)11-18(32)33)9-16(29)20-15(12-26)19(34,13-27)14-28/h5-6,15,26-28,34H,1-4,9-14H2,(H,20,29)(H,30,31)(H,32,33). The van der Waals surface area contributed by atoms with Crippen molar-refractivity contribution in [2.45, 2.75) is 11.6 Å². The maximum absolute atomic E-state index is 12.5. The summed E-state index contributed by atoms with van der Waals surface area (Å²) in [7, 11) is 0. The highest BCUT2D eigenvalue weighted by molar-refractivity contribution is 5.78. The highest BCUT2D eigenvalue weighted by atomic mass is 16.4. The van der Waals surface area contributed by atoms with Crippen molar-refractivity contribution < 1.29 is 54.6 Å². The molecule has 0 aliphatic rings. The minimum atomic E-state index is -2.20. The number of carbonyl (C=O) groups excluding carboxylic acids is 3. The molecule has 1 unspecified atom stereocenters. The van der Waals surface area contributed by atoms with Gasteiger partial charge in [-0.2, -0.15) is 0 Å². The number of hydrogen-bond donors (Lipinski definition) is 7. The number of aliphatic carboxylic acids is 2. The van der Waals surface area contributed by atoms with Crippen molar-refractivity contribution in [1.29, 1.82) is 0 Å². The summed E-state index contributed by atoms with van der Waals surface area (Å²) in [4.78, 5) is 59.3. The fourth-order valence-corrected chi connectivity index (χ4v) is 2.75. The zero-order valence-corrected chi connectivity index (χ0v) is 18.4. The fraction of sp³-hybridized carbons (Fsp3) is 0.632. The summed E-state index contributed by atoms with van der Waals surface area (Å²) >= 11 is 0. The maximum atomic E-state index is 12.5. The zero-order chi connectivity index (χ0) is 26.1. The second kappa shape index (κ2) is 16.3. The highest BCUT2D eigenvalue weighted by Crippen LogP contribution is 2.09. The second-order valence-corrected chi connectivity index (χ2v) is 7.22. The Morgan fingerprint density at radius 1 is 0.824 bits per heavy atom. The molecule has 0 aliphatic carbocycles. The first-order valence-electron chi connectivity index (χ1n) is 9.95. The van der Waals surface area contributed by atoms with E-state index < -0.39 is 68.9 Å². The van der Waals surface area contributed by atoms with Gasteiger partial charge in [0, 0.05) is 26.2 Å². The first kappa shape index (κ1) is 30.7. The predicted molar refractivity (Wildman–Crippen MR) is 114 cm³/mol. The molecule has 0 spiro atoms. The van der Waals surface area contributed by atoms with Crippen molar-refractivity contribution in [3.63, 3.8) is 0 Å². The van der Waals surface area contributed by atoms with E-state index in [-0.39, 0.29) is 26.2 Å². The average molecular weight is 490 g/mol. The van der Waals surface area contributed by atoms with E-state index >= 15 is 0 Å². The van der Waals surface area contributed by atoms with E-state index in [1.54, 1.807) is 0 Å². The largest absolute Gasteiger partial charge is 0.480 e. The van der Waals surface area contributed by atoms with E-state index in [9.17, 15) is 44.4 Å². The summed E-state index contributed by atoms with van der Waals surface area (Å²) in [5.41, 5.74) is -2.20. The minimum Gasteiger partial charge on any atom is -0.480 e. The molecule has 0 aromatic heterocycles. The normalized spacial score (nSPS) is 11.7. The fourth-order valence-electron chi connectivity index (χ4n) is 2.75. The van der Waals surface area contributed by atoms with Crippen LogP contribution in [0.3, 0.4) is 0 Å². The quantitative estimate of drug-likeness (QED) is 0.0841. The summed E-state index contributed by atoms with van der Waals surface area (Å²) in [6.45, 7) is -4.27. The topological polar surface area (TPSA) is 228 Å².